The first-order valence-electron chi connectivity index (χ1n) is 6.30. The van der Waals surface area contributed by atoms with Gasteiger partial charge in [-0.2, -0.15) is 0 Å². The molecule has 98 valence electrons. The van der Waals surface area contributed by atoms with Gasteiger partial charge in [0.2, 0.25) is 0 Å². The average Bonchev–Trinajstić information content (AvgIpc) is 3.13. The quantitative estimate of drug-likeness (QED) is 0.800. The summed E-state index contributed by atoms with van der Waals surface area (Å²) in [5, 5.41) is 2.89. The molecule has 3 N–H and O–H groups in total. The number of carbonyl (C=O) groups excluding carboxylic acids is 1. The van der Waals surface area contributed by atoms with Crippen LogP contribution in [0.3, 0.4) is 0 Å². The second-order valence-corrected chi connectivity index (χ2v) is 5.22. The summed E-state index contributed by atoms with van der Waals surface area (Å²) in [6.45, 7) is 3.51. The van der Waals surface area contributed by atoms with Gasteiger partial charge in [0.25, 0.3) is 5.91 Å². The van der Waals surface area contributed by atoms with Gasteiger partial charge in [0, 0.05) is 13.1 Å². The van der Waals surface area contributed by atoms with Crippen LogP contribution in [0.2, 0.25) is 0 Å². The van der Waals surface area contributed by atoms with Crippen LogP contribution in [-0.2, 0) is 11.3 Å². The van der Waals surface area contributed by atoms with Gasteiger partial charge < -0.3 is 15.8 Å². The zero-order valence-electron chi connectivity index (χ0n) is 10.7. The highest BCUT2D eigenvalue weighted by Crippen LogP contribution is 2.43. The zero-order chi connectivity index (χ0) is 13.0. The number of nitrogens with two attached hydrogens (primary N) is 1. The molecule has 1 aromatic carbocycles. The molecule has 1 fully saturated rings. The lowest BCUT2D eigenvalue weighted by atomic mass is 10.1. The van der Waals surface area contributed by atoms with E-state index in [1.54, 1.807) is 0 Å². The van der Waals surface area contributed by atoms with Crippen molar-refractivity contribution in [2.75, 3.05) is 13.2 Å². The summed E-state index contributed by atoms with van der Waals surface area (Å²) in [6.07, 6.45) is 2.41. The Balaban J connectivity index is 1.71. The molecule has 0 aromatic heterocycles. The van der Waals surface area contributed by atoms with Gasteiger partial charge in [0.1, 0.15) is 5.75 Å². The summed E-state index contributed by atoms with van der Waals surface area (Å²) < 4.78 is 5.40. The Morgan fingerprint density at radius 2 is 2.06 bits per heavy atom. The monoisotopic (exact) mass is 248 g/mol. The van der Waals surface area contributed by atoms with Crippen molar-refractivity contribution in [3.05, 3.63) is 29.8 Å². The fourth-order valence-electron chi connectivity index (χ4n) is 1.62. The van der Waals surface area contributed by atoms with E-state index >= 15 is 0 Å². The second kappa shape index (κ2) is 5.40. The molecule has 0 aliphatic heterocycles. The third-order valence-electron chi connectivity index (χ3n) is 3.34. The lowest BCUT2D eigenvalue weighted by Crippen LogP contribution is -2.33. The maximum absolute atomic E-state index is 11.6. The van der Waals surface area contributed by atoms with Gasteiger partial charge in [0.05, 0.1) is 0 Å². The first kappa shape index (κ1) is 12.9. The molecule has 1 saturated carbocycles. The smallest absolute Gasteiger partial charge is 0.257 e. The first-order chi connectivity index (χ1) is 8.61. The van der Waals surface area contributed by atoms with Crippen LogP contribution in [0, 0.1) is 5.41 Å². The molecule has 0 atom stereocenters. The van der Waals surface area contributed by atoms with E-state index in [-0.39, 0.29) is 12.5 Å². The summed E-state index contributed by atoms with van der Waals surface area (Å²) in [7, 11) is 0. The van der Waals surface area contributed by atoms with E-state index in [4.69, 9.17) is 10.5 Å². The highest BCUT2D eigenvalue weighted by atomic mass is 16.5. The van der Waals surface area contributed by atoms with Crippen LogP contribution in [0.5, 0.6) is 5.75 Å². The maximum atomic E-state index is 11.6. The molecule has 0 bridgehead atoms. The Bertz CT molecular complexity index is 410. The van der Waals surface area contributed by atoms with E-state index < -0.39 is 0 Å². The van der Waals surface area contributed by atoms with E-state index in [0.29, 0.717) is 17.7 Å². The third-order valence-corrected chi connectivity index (χ3v) is 3.34. The molecule has 1 aliphatic carbocycles. The number of benzene rings is 1. The molecule has 1 aliphatic rings. The SMILES string of the molecule is CC1(CNC(=O)COc2ccc(CN)cc2)CC1. The van der Waals surface area contributed by atoms with Crippen molar-refractivity contribution in [2.45, 2.75) is 26.3 Å². The number of ether oxygens (including phenoxy) is 1. The standard InChI is InChI=1S/C14H20N2O2/c1-14(6-7-14)10-16-13(17)9-18-12-4-2-11(8-15)3-5-12/h2-5H,6-10,15H2,1H3,(H,16,17). The van der Waals surface area contributed by atoms with Crippen LogP contribution in [0.1, 0.15) is 25.3 Å². The molecule has 0 unspecified atom stereocenters. The molecule has 1 amide bonds. The third kappa shape index (κ3) is 3.74. The highest BCUT2D eigenvalue weighted by Gasteiger charge is 2.37. The van der Waals surface area contributed by atoms with E-state index in [0.717, 1.165) is 12.1 Å². The van der Waals surface area contributed by atoms with Crippen LogP contribution in [-0.4, -0.2) is 19.1 Å². The van der Waals surface area contributed by atoms with Gasteiger partial charge in [-0.25, -0.2) is 0 Å². The van der Waals surface area contributed by atoms with E-state index in [2.05, 4.69) is 12.2 Å². The molecule has 4 nitrogen and oxygen atoms in total. The highest BCUT2D eigenvalue weighted by molar-refractivity contribution is 5.77. The van der Waals surface area contributed by atoms with Crippen molar-refractivity contribution in [1.82, 2.24) is 5.32 Å². The summed E-state index contributed by atoms with van der Waals surface area (Å²) >= 11 is 0. The molecule has 18 heavy (non-hydrogen) atoms. The average molecular weight is 248 g/mol. The van der Waals surface area contributed by atoms with Gasteiger partial charge in [-0.05, 0) is 36.0 Å². The van der Waals surface area contributed by atoms with Crippen LogP contribution in [0.15, 0.2) is 24.3 Å². The van der Waals surface area contributed by atoms with Crippen molar-refractivity contribution < 1.29 is 9.53 Å². The van der Waals surface area contributed by atoms with Crippen molar-refractivity contribution in [2.24, 2.45) is 11.1 Å². The van der Waals surface area contributed by atoms with Gasteiger partial charge in [-0.3, -0.25) is 4.79 Å². The van der Waals surface area contributed by atoms with Gasteiger partial charge >= 0.3 is 0 Å². The largest absolute Gasteiger partial charge is 0.484 e. The zero-order valence-corrected chi connectivity index (χ0v) is 10.7. The Hall–Kier alpha value is -1.55. The minimum absolute atomic E-state index is 0.0639. The van der Waals surface area contributed by atoms with Crippen molar-refractivity contribution in [3.8, 4) is 5.75 Å². The number of amides is 1. The number of rotatable bonds is 6. The van der Waals surface area contributed by atoms with E-state index in [1.807, 2.05) is 24.3 Å². The molecule has 0 saturated heterocycles. The minimum atomic E-state index is -0.0639. The fourth-order valence-corrected chi connectivity index (χ4v) is 1.62. The minimum Gasteiger partial charge on any atom is -0.484 e. The number of hydrogen-bond donors (Lipinski definition) is 2. The Morgan fingerprint density at radius 3 is 2.61 bits per heavy atom. The van der Waals surface area contributed by atoms with Gasteiger partial charge in [0.15, 0.2) is 6.61 Å². The van der Waals surface area contributed by atoms with Crippen LogP contribution in [0.4, 0.5) is 0 Å². The Morgan fingerprint density at radius 1 is 1.39 bits per heavy atom. The van der Waals surface area contributed by atoms with Crippen LogP contribution in [0.25, 0.3) is 0 Å². The Kier molecular flexibility index (Phi) is 3.87. The summed E-state index contributed by atoms with van der Waals surface area (Å²) in [6, 6.07) is 7.46. The molecular weight excluding hydrogens is 228 g/mol. The summed E-state index contributed by atoms with van der Waals surface area (Å²) in [5.74, 6) is 0.631. The van der Waals surface area contributed by atoms with E-state index in [1.165, 1.54) is 12.8 Å². The molecular formula is C14H20N2O2. The van der Waals surface area contributed by atoms with Gasteiger partial charge in [-0.1, -0.05) is 19.1 Å². The molecule has 4 heteroatoms. The molecule has 2 rings (SSSR count). The van der Waals surface area contributed by atoms with E-state index in [9.17, 15) is 4.79 Å². The summed E-state index contributed by atoms with van der Waals surface area (Å²) in [4.78, 5) is 11.6. The van der Waals surface area contributed by atoms with Gasteiger partial charge in [-0.15, -0.1) is 0 Å². The number of carbonyl (C=O) groups is 1. The maximum Gasteiger partial charge on any atom is 0.257 e. The van der Waals surface area contributed by atoms with Crippen LogP contribution >= 0.6 is 0 Å². The second-order valence-electron chi connectivity index (χ2n) is 5.22. The lowest BCUT2D eigenvalue weighted by molar-refractivity contribution is -0.123. The lowest BCUT2D eigenvalue weighted by Gasteiger charge is -2.11. The molecule has 1 aromatic rings. The predicted octanol–water partition coefficient (Wildman–Crippen LogP) is 1.44. The number of hydrogen-bond acceptors (Lipinski definition) is 3. The fraction of sp³-hybridized carbons (Fsp3) is 0.500. The molecule has 0 radical (unpaired) electrons. The van der Waals surface area contributed by atoms with Crippen molar-refractivity contribution in [1.29, 1.82) is 0 Å². The number of nitrogens with one attached hydrogen (secondary N) is 1. The van der Waals surface area contributed by atoms with Crippen molar-refractivity contribution in [3.63, 3.8) is 0 Å². The Labute approximate surface area is 108 Å². The first-order valence-corrected chi connectivity index (χ1v) is 6.30. The molecule has 0 spiro atoms. The predicted molar refractivity (Wildman–Crippen MR) is 70.2 cm³/mol. The summed E-state index contributed by atoms with van der Waals surface area (Å²) in [5.41, 5.74) is 6.88. The topological polar surface area (TPSA) is 64.3 Å². The van der Waals surface area contributed by atoms with Crippen molar-refractivity contribution >= 4 is 5.91 Å². The normalized spacial score (nSPS) is 16.1. The van der Waals surface area contributed by atoms with Crippen LogP contribution < -0.4 is 15.8 Å². The molecule has 0 heterocycles.